The van der Waals surface area contributed by atoms with Crippen molar-refractivity contribution >= 4 is 23.2 Å². The Bertz CT molecular complexity index is 673. The third-order valence-electron chi connectivity index (χ3n) is 3.33. The summed E-state index contributed by atoms with van der Waals surface area (Å²) in [5, 5.41) is 3.50. The van der Waals surface area contributed by atoms with Crippen LogP contribution in [0.2, 0.25) is 5.02 Å². The average Bonchev–Trinajstić information content (AvgIpc) is 2.47. The molecule has 0 bridgehead atoms. The van der Waals surface area contributed by atoms with Crippen LogP contribution in [0.4, 0.5) is 5.69 Å². The van der Waals surface area contributed by atoms with E-state index < -0.39 is 0 Å². The van der Waals surface area contributed by atoms with Crippen molar-refractivity contribution in [3.63, 3.8) is 0 Å². The van der Waals surface area contributed by atoms with Crippen LogP contribution >= 0.6 is 11.6 Å². The number of nitrogens with zero attached hydrogens (tertiary/aromatic N) is 1. The lowest BCUT2D eigenvalue weighted by molar-refractivity contribution is -0.115. The summed E-state index contributed by atoms with van der Waals surface area (Å²) >= 11 is 5.92. The molecule has 21 heavy (non-hydrogen) atoms. The average molecular weight is 303 g/mol. The lowest BCUT2D eigenvalue weighted by Gasteiger charge is -2.19. The zero-order valence-corrected chi connectivity index (χ0v) is 12.2. The Morgan fingerprint density at radius 3 is 3.14 bits per heavy atom. The molecule has 4 nitrogen and oxygen atoms in total. The molecule has 5 heteroatoms. The maximum Gasteiger partial charge on any atom is 0.228 e. The van der Waals surface area contributed by atoms with Crippen molar-refractivity contribution in [2.75, 3.05) is 11.9 Å². The van der Waals surface area contributed by atoms with Crippen LogP contribution in [0.5, 0.6) is 5.75 Å². The van der Waals surface area contributed by atoms with E-state index in [1.54, 1.807) is 24.5 Å². The highest BCUT2D eigenvalue weighted by Gasteiger charge is 2.16. The van der Waals surface area contributed by atoms with E-state index in [1.165, 1.54) is 0 Å². The Morgan fingerprint density at radius 2 is 2.29 bits per heavy atom. The van der Waals surface area contributed by atoms with Gasteiger partial charge in [0.05, 0.1) is 19.2 Å². The Labute approximate surface area is 128 Å². The molecule has 3 rings (SSSR count). The first kappa shape index (κ1) is 13.9. The first-order chi connectivity index (χ1) is 10.2. The van der Waals surface area contributed by atoms with Crippen LogP contribution in [0, 0.1) is 0 Å². The number of ether oxygens (including phenoxy) is 1. The van der Waals surface area contributed by atoms with Crippen molar-refractivity contribution in [3.8, 4) is 5.75 Å². The second-order valence-electron chi connectivity index (χ2n) is 4.98. The van der Waals surface area contributed by atoms with Crippen molar-refractivity contribution in [2.45, 2.75) is 19.3 Å². The molecule has 1 aliphatic rings. The highest BCUT2D eigenvalue weighted by molar-refractivity contribution is 6.30. The van der Waals surface area contributed by atoms with Gasteiger partial charge in [-0.15, -0.1) is 0 Å². The molecule has 2 aromatic rings. The van der Waals surface area contributed by atoms with Gasteiger partial charge < -0.3 is 10.1 Å². The number of pyridine rings is 1. The van der Waals surface area contributed by atoms with Crippen molar-refractivity contribution in [1.29, 1.82) is 0 Å². The maximum absolute atomic E-state index is 12.1. The van der Waals surface area contributed by atoms with Gasteiger partial charge in [-0.25, -0.2) is 0 Å². The SMILES string of the molecule is O=C(Cc1cccc(Cl)c1)Nc1cncc2c1OCCC2. The van der Waals surface area contributed by atoms with Crippen LogP contribution in [-0.2, 0) is 17.6 Å². The summed E-state index contributed by atoms with van der Waals surface area (Å²) in [5.74, 6) is 0.636. The topological polar surface area (TPSA) is 51.2 Å². The number of halogens is 1. The van der Waals surface area contributed by atoms with Crippen LogP contribution in [0.25, 0.3) is 0 Å². The fourth-order valence-corrected chi connectivity index (χ4v) is 2.61. The second kappa shape index (κ2) is 6.14. The van der Waals surface area contributed by atoms with Crippen LogP contribution in [0.3, 0.4) is 0 Å². The molecule has 0 fully saturated rings. The molecular weight excluding hydrogens is 288 g/mol. The number of fused-ring (bicyclic) bond motifs is 1. The zero-order chi connectivity index (χ0) is 14.7. The second-order valence-corrected chi connectivity index (χ2v) is 5.42. The Balaban J connectivity index is 1.73. The van der Waals surface area contributed by atoms with Gasteiger partial charge in [0.15, 0.2) is 0 Å². The number of carbonyl (C=O) groups is 1. The number of aromatic nitrogens is 1. The van der Waals surface area contributed by atoms with E-state index in [4.69, 9.17) is 16.3 Å². The molecular formula is C16H15ClN2O2. The van der Waals surface area contributed by atoms with E-state index >= 15 is 0 Å². The molecule has 0 unspecified atom stereocenters. The lowest BCUT2D eigenvalue weighted by atomic mass is 10.1. The largest absolute Gasteiger partial charge is 0.491 e. The Kier molecular flexibility index (Phi) is 4.06. The number of rotatable bonds is 3. The van der Waals surface area contributed by atoms with Gasteiger partial charge in [0, 0.05) is 16.8 Å². The van der Waals surface area contributed by atoms with Gasteiger partial charge in [0.2, 0.25) is 5.91 Å². The van der Waals surface area contributed by atoms with Gasteiger partial charge in [-0.2, -0.15) is 0 Å². The van der Waals surface area contributed by atoms with E-state index in [-0.39, 0.29) is 12.3 Å². The molecule has 0 aliphatic carbocycles. The summed E-state index contributed by atoms with van der Waals surface area (Å²) < 4.78 is 5.65. The number of anilines is 1. The van der Waals surface area contributed by atoms with Crippen molar-refractivity contribution in [2.24, 2.45) is 0 Å². The minimum absolute atomic E-state index is 0.110. The van der Waals surface area contributed by atoms with Crippen LogP contribution in [-0.4, -0.2) is 17.5 Å². The normalized spacial score (nSPS) is 13.2. The van der Waals surface area contributed by atoms with Gasteiger partial charge in [0.25, 0.3) is 0 Å². The molecule has 2 heterocycles. The summed E-state index contributed by atoms with van der Waals surface area (Å²) in [5.41, 5.74) is 2.56. The molecule has 1 N–H and O–H groups in total. The third-order valence-corrected chi connectivity index (χ3v) is 3.57. The van der Waals surface area contributed by atoms with E-state index in [9.17, 15) is 4.79 Å². The predicted octanol–water partition coefficient (Wildman–Crippen LogP) is 3.24. The standard InChI is InChI=1S/C16H15ClN2O2/c17-13-5-1-3-11(7-13)8-15(20)19-14-10-18-9-12-4-2-6-21-16(12)14/h1,3,5,7,9-10H,2,4,6,8H2,(H,19,20). The summed E-state index contributed by atoms with van der Waals surface area (Å²) in [4.78, 5) is 16.3. The number of amides is 1. The summed E-state index contributed by atoms with van der Waals surface area (Å²) in [7, 11) is 0. The predicted molar refractivity (Wildman–Crippen MR) is 81.8 cm³/mol. The number of hydrogen-bond donors (Lipinski definition) is 1. The van der Waals surface area contributed by atoms with Gasteiger partial charge in [-0.1, -0.05) is 23.7 Å². The molecule has 1 amide bonds. The molecule has 1 aliphatic heterocycles. The highest BCUT2D eigenvalue weighted by atomic mass is 35.5. The maximum atomic E-state index is 12.1. The molecule has 0 spiro atoms. The van der Waals surface area contributed by atoms with E-state index in [0.29, 0.717) is 17.3 Å². The van der Waals surface area contributed by atoms with Gasteiger partial charge in [-0.3, -0.25) is 9.78 Å². The highest BCUT2D eigenvalue weighted by Crippen LogP contribution is 2.31. The minimum Gasteiger partial charge on any atom is -0.491 e. The van der Waals surface area contributed by atoms with Crippen molar-refractivity contribution in [1.82, 2.24) is 4.98 Å². The number of benzene rings is 1. The smallest absolute Gasteiger partial charge is 0.228 e. The molecule has 0 saturated carbocycles. The molecule has 1 aromatic carbocycles. The lowest BCUT2D eigenvalue weighted by Crippen LogP contribution is -2.17. The molecule has 1 aromatic heterocycles. The van der Waals surface area contributed by atoms with Crippen LogP contribution < -0.4 is 10.1 Å². The minimum atomic E-state index is -0.110. The Morgan fingerprint density at radius 1 is 1.38 bits per heavy atom. The fourth-order valence-electron chi connectivity index (χ4n) is 2.39. The number of hydrogen-bond acceptors (Lipinski definition) is 3. The van der Waals surface area contributed by atoms with E-state index in [2.05, 4.69) is 10.3 Å². The van der Waals surface area contributed by atoms with Gasteiger partial charge in [-0.05, 0) is 30.5 Å². The first-order valence-electron chi connectivity index (χ1n) is 6.86. The summed E-state index contributed by atoms with van der Waals surface area (Å²) in [6, 6.07) is 7.28. The number of aryl methyl sites for hydroxylation is 1. The number of nitrogens with one attached hydrogen (secondary N) is 1. The van der Waals surface area contributed by atoms with E-state index in [0.717, 1.165) is 29.7 Å². The fraction of sp³-hybridized carbons (Fsp3) is 0.250. The van der Waals surface area contributed by atoms with E-state index in [1.807, 2.05) is 12.1 Å². The summed E-state index contributed by atoms with van der Waals surface area (Å²) in [6.07, 6.45) is 5.60. The number of carbonyl (C=O) groups excluding carboxylic acids is 1. The molecule has 108 valence electrons. The van der Waals surface area contributed by atoms with Gasteiger partial charge in [0.1, 0.15) is 11.4 Å². The first-order valence-corrected chi connectivity index (χ1v) is 7.24. The quantitative estimate of drug-likeness (QED) is 0.947. The van der Waals surface area contributed by atoms with Crippen molar-refractivity contribution < 1.29 is 9.53 Å². The molecule has 0 atom stereocenters. The molecule has 0 radical (unpaired) electrons. The monoisotopic (exact) mass is 302 g/mol. The summed E-state index contributed by atoms with van der Waals surface area (Å²) in [6.45, 7) is 0.675. The third kappa shape index (κ3) is 3.34. The van der Waals surface area contributed by atoms with Crippen LogP contribution in [0.1, 0.15) is 17.5 Å². The van der Waals surface area contributed by atoms with Crippen LogP contribution in [0.15, 0.2) is 36.7 Å². The van der Waals surface area contributed by atoms with Crippen molar-refractivity contribution in [3.05, 3.63) is 52.8 Å². The zero-order valence-electron chi connectivity index (χ0n) is 11.4. The molecule has 0 saturated heterocycles. The van der Waals surface area contributed by atoms with Gasteiger partial charge >= 0.3 is 0 Å². The Hall–Kier alpha value is -2.07.